The normalized spacial score (nSPS) is 18.2. The summed E-state index contributed by atoms with van der Waals surface area (Å²) in [7, 11) is 0. The van der Waals surface area contributed by atoms with E-state index in [9.17, 15) is 5.11 Å². The number of hydrogen-bond donors (Lipinski definition) is 2. The molecule has 1 aromatic carbocycles. The molecule has 1 aromatic rings. The fraction of sp³-hybridized carbons (Fsp3) is 0.667. The predicted octanol–water partition coefficient (Wildman–Crippen LogP) is 3.36. The van der Waals surface area contributed by atoms with Gasteiger partial charge in [-0.3, -0.25) is 0 Å². The van der Waals surface area contributed by atoms with Crippen molar-refractivity contribution in [2.75, 3.05) is 13.2 Å². The molecule has 2 rings (SSSR count). The molecule has 3 heteroatoms. The van der Waals surface area contributed by atoms with Gasteiger partial charge in [-0.25, -0.2) is 0 Å². The predicted molar refractivity (Wildman–Crippen MR) is 86.9 cm³/mol. The first kappa shape index (κ1) is 16.3. The van der Waals surface area contributed by atoms with Gasteiger partial charge in [0, 0.05) is 12.6 Å². The van der Waals surface area contributed by atoms with Gasteiger partial charge >= 0.3 is 0 Å². The molecule has 1 aliphatic carbocycles. The van der Waals surface area contributed by atoms with Crippen molar-refractivity contribution in [3.8, 4) is 5.75 Å². The summed E-state index contributed by atoms with van der Waals surface area (Å²) in [6.45, 7) is 5.06. The number of rotatable bonds is 6. The van der Waals surface area contributed by atoms with Crippen LogP contribution in [0.15, 0.2) is 18.2 Å². The van der Waals surface area contributed by atoms with E-state index < -0.39 is 6.10 Å². The van der Waals surface area contributed by atoms with Crippen molar-refractivity contribution < 1.29 is 9.84 Å². The van der Waals surface area contributed by atoms with Crippen molar-refractivity contribution in [2.24, 2.45) is 0 Å². The van der Waals surface area contributed by atoms with Crippen LogP contribution in [0.3, 0.4) is 0 Å². The van der Waals surface area contributed by atoms with Crippen molar-refractivity contribution in [3.05, 3.63) is 29.3 Å². The number of nitrogens with one attached hydrogen (secondary N) is 1. The average Bonchev–Trinajstić information content (AvgIpc) is 2.74. The Bertz CT molecular complexity index is 425. The molecule has 0 saturated heterocycles. The van der Waals surface area contributed by atoms with Gasteiger partial charge in [0.1, 0.15) is 18.5 Å². The molecule has 21 heavy (non-hydrogen) atoms. The molecule has 1 atom stereocenters. The van der Waals surface area contributed by atoms with Crippen molar-refractivity contribution in [1.29, 1.82) is 0 Å². The lowest BCUT2D eigenvalue weighted by molar-refractivity contribution is 0.102. The third-order valence-corrected chi connectivity index (χ3v) is 4.27. The summed E-state index contributed by atoms with van der Waals surface area (Å²) in [6, 6.07) is 6.73. The van der Waals surface area contributed by atoms with Crippen LogP contribution in [0.5, 0.6) is 5.75 Å². The number of benzene rings is 1. The smallest absolute Gasteiger partial charge is 0.122 e. The maximum atomic E-state index is 10.1. The topological polar surface area (TPSA) is 41.5 Å². The zero-order valence-corrected chi connectivity index (χ0v) is 13.4. The molecule has 0 spiro atoms. The van der Waals surface area contributed by atoms with Gasteiger partial charge in [-0.15, -0.1) is 0 Å². The summed E-state index contributed by atoms with van der Waals surface area (Å²) in [6.07, 6.45) is 7.37. The molecular formula is C18H29NO2. The molecule has 0 aliphatic heterocycles. The van der Waals surface area contributed by atoms with Gasteiger partial charge in [-0.05, 0) is 43.9 Å². The number of aliphatic hydroxyl groups is 1. The minimum absolute atomic E-state index is 0.351. The quantitative estimate of drug-likeness (QED) is 0.790. The lowest BCUT2D eigenvalue weighted by Gasteiger charge is -2.19. The Hall–Kier alpha value is -1.06. The van der Waals surface area contributed by atoms with Crippen molar-refractivity contribution in [2.45, 2.75) is 64.5 Å². The molecular weight excluding hydrogens is 262 g/mol. The Balaban J connectivity index is 1.71. The van der Waals surface area contributed by atoms with E-state index in [1.807, 2.05) is 13.0 Å². The molecule has 2 N–H and O–H groups in total. The SMILES string of the molecule is Cc1ccc(C)c(OCC(O)CNC2CCCCCC2)c1. The van der Waals surface area contributed by atoms with Crippen LogP contribution in [0.1, 0.15) is 49.7 Å². The second kappa shape index (κ2) is 8.40. The lowest BCUT2D eigenvalue weighted by Crippen LogP contribution is -2.37. The minimum Gasteiger partial charge on any atom is -0.491 e. The Kier molecular flexibility index (Phi) is 6.52. The summed E-state index contributed by atoms with van der Waals surface area (Å²) in [5, 5.41) is 13.6. The zero-order valence-electron chi connectivity index (χ0n) is 13.4. The molecule has 1 aliphatic rings. The van der Waals surface area contributed by atoms with Crippen molar-refractivity contribution in [1.82, 2.24) is 5.32 Å². The highest BCUT2D eigenvalue weighted by Gasteiger charge is 2.14. The molecule has 118 valence electrons. The summed E-state index contributed by atoms with van der Waals surface area (Å²) >= 11 is 0. The highest BCUT2D eigenvalue weighted by Crippen LogP contribution is 2.19. The molecule has 0 heterocycles. The van der Waals surface area contributed by atoms with Crippen LogP contribution >= 0.6 is 0 Å². The Morgan fingerprint density at radius 3 is 2.62 bits per heavy atom. The van der Waals surface area contributed by atoms with Gasteiger partial charge in [0.25, 0.3) is 0 Å². The highest BCUT2D eigenvalue weighted by molar-refractivity contribution is 5.35. The van der Waals surface area contributed by atoms with E-state index in [1.54, 1.807) is 0 Å². The van der Waals surface area contributed by atoms with E-state index in [4.69, 9.17) is 4.74 Å². The van der Waals surface area contributed by atoms with Crippen LogP contribution in [0, 0.1) is 13.8 Å². The highest BCUT2D eigenvalue weighted by atomic mass is 16.5. The van der Waals surface area contributed by atoms with E-state index in [-0.39, 0.29) is 0 Å². The van der Waals surface area contributed by atoms with Crippen LogP contribution in [0.4, 0.5) is 0 Å². The second-order valence-electron chi connectivity index (χ2n) is 6.33. The zero-order chi connectivity index (χ0) is 15.1. The third kappa shape index (κ3) is 5.68. The largest absolute Gasteiger partial charge is 0.491 e. The van der Waals surface area contributed by atoms with Crippen LogP contribution in [-0.2, 0) is 0 Å². The fourth-order valence-electron chi connectivity index (χ4n) is 2.89. The summed E-state index contributed by atoms with van der Waals surface area (Å²) in [5.74, 6) is 0.878. The second-order valence-corrected chi connectivity index (χ2v) is 6.33. The van der Waals surface area contributed by atoms with Gasteiger partial charge in [0.2, 0.25) is 0 Å². The van der Waals surface area contributed by atoms with E-state index in [2.05, 4.69) is 24.4 Å². The molecule has 0 bridgehead atoms. The molecule has 1 unspecified atom stereocenters. The minimum atomic E-state index is -0.451. The van der Waals surface area contributed by atoms with E-state index in [0.29, 0.717) is 19.2 Å². The van der Waals surface area contributed by atoms with E-state index in [0.717, 1.165) is 11.3 Å². The maximum Gasteiger partial charge on any atom is 0.122 e. The molecule has 1 saturated carbocycles. The van der Waals surface area contributed by atoms with Gasteiger partial charge in [0.05, 0.1) is 0 Å². The third-order valence-electron chi connectivity index (χ3n) is 4.27. The van der Waals surface area contributed by atoms with Gasteiger partial charge in [0.15, 0.2) is 0 Å². The van der Waals surface area contributed by atoms with Crippen LogP contribution < -0.4 is 10.1 Å². The van der Waals surface area contributed by atoms with Crippen molar-refractivity contribution in [3.63, 3.8) is 0 Å². The molecule has 1 fully saturated rings. The Labute approximate surface area is 128 Å². The summed E-state index contributed by atoms with van der Waals surface area (Å²) < 4.78 is 5.75. The van der Waals surface area contributed by atoms with Crippen LogP contribution in [0.2, 0.25) is 0 Å². The first-order chi connectivity index (χ1) is 10.1. The first-order valence-corrected chi connectivity index (χ1v) is 8.26. The average molecular weight is 291 g/mol. The number of aryl methyl sites for hydroxylation is 2. The lowest BCUT2D eigenvalue weighted by atomic mass is 10.1. The van der Waals surface area contributed by atoms with Gasteiger partial charge in [-0.1, -0.05) is 37.8 Å². The first-order valence-electron chi connectivity index (χ1n) is 8.26. The summed E-state index contributed by atoms with van der Waals surface area (Å²) in [5.41, 5.74) is 2.30. The summed E-state index contributed by atoms with van der Waals surface area (Å²) in [4.78, 5) is 0. The van der Waals surface area contributed by atoms with Gasteiger partial charge in [-0.2, -0.15) is 0 Å². The molecule has 0 amide bonds. The van der Waals surface area contributed by atoms with Gasteiger partial charge < -0.3 is 15.2 Å². The molecule has 3 nitrogen and oxygen atoms in total. The molecule has 0 radical (unpaired) electrons. The van der Waals surface area contributed by atoms with Crippen LogP contribution in [-0.4, -0.2) is 30.4 Å². The molecule has 0 aromatic heterocycles. The van der Waals surface area contributed by atoms with E-state index >= 15 is 0 Å². The monoisotopic (exact) mass is 291 g/mol. The Morgan fingerprint density at radius 1 is 1.19 bits per heavy atom. The fourth-order valence-corrected chi connectivity index (χ4v) is 2.89. The Morgan fingerprint density at radius 2 is 1.90 bits per heavy atom. The number of hydrogen-bond acceptors (Lipinski definition) is 3. The van der Waals surface area contributed by atoms with Crippen molar-refractivity contribution >= 4 is 0 Å². The standard InChI is InChI=1S/C18H29NO2/c1-14-9-10-15(2)18(11-14)21-13-17(20)12-19-16-7-5-3-4-6-8-16/h9-11,16-17,19-20H,3-8,12-13H2,1-2H3. The number of aliphatic hydroxyl groups excluding tert-OH is 1. The van der Waals surface area contributed by atoms with E-state index in [1.165, 1.54) is 44.1 Å². The number of ether oxygens (including phenoxy) is 1. The maximum absolute atomic E-state index is 10.1. The van der Waals surface area contributed by atoms with Crippen LogP contribution in [0.25, 0.3) is 0 Å².